The summed E-state index contributed by atoms with van der Waals surface area (Å²) in [5, 5.41) is 3.50. The number of aromatic nitrogens is 2. The van der Waals surface area contributed by atoms with Gasteiger partial charge in [0.1, 0.15) is 5.65 Å². The van der Waals surface area contributed by atoms with Crippen LogP contribution in [0.3, 0.4) is 0 Å². The van der Waals surface area contributed by atoms with E-state index in [0.717, 1.165) is 17.9 Å². The fraction of sp³-hybridized carbons (Fsp3) is 0.462. The van der Waals surface area contributed by atoms with Crippen LogP contribution in [0.25, 0.3) is 5.65 Å². The van der Waals surface area contributed by atoms with E-state index in [1.54, 1.807) is 0 Å². The standard InChI is InChI=1S/C13H19N3/c1-10-11(9-14-13(2,3)4)16-8-6-5-7-12(16)15-10/h5-8,14H,9H2,1-4H3. The van der Waals surface area contributed by atoms with Gasteiger partial charge in [-0.05, 0) is 39.8 Å². The molecule has 0 fully saturated rings. The SMILES string of the molecule is Cc1nc2ccccn2c1CNC(C)(C)C. The van der Waals surface area contributed by atoms with Crippen molar-refractivity contribution in [2.24, 2.45) is 0 Å². The van der Waals surface area contributed by atoms with E-state index in [-0.39, 0.29) is 5.54 Å². The molecule has 2 aromatic heterocycles. The molecule has 2 rings (SSSR count). The van der Waals surface area contributed by atoms with Crippen molar-refractivity contribution in [1.29, 1.82) is 0 Å². The molecule has 0 spiro atoms. The van der Waals surface area contributed by atoms with E-state index in [0.29, 0.717) is 0 Å². The van der Waals surface area contributed by atoms with Crippen molar-refractivity contribution >= 4 is 5.65 Å². The van der Waals surface area contributed by atoms with E-state index in [1.807, 2.05) is 18.2 Å². The Hall–Kier alpha value is -1.35. The average Bonchev–Trinajstić information content (AvgIpc) is 2.49. The number of rotatable bonds is 2. The molecule has 2 aromatic rings. The summed E-state index contributed by atoms with van der Waals surface area (Å²) in [4.78, 5) is 4.54. The number of pyridine rings is 1. The lowest BCUT2D eigenvalue weighted by Gasteiger charge is -2.20. The highest BCUT2D eigenvalue weighted by Gasteiger charge is 2.12. The van der Waals surface area contributed by atoms with Crippen LogP contribution in [-0.2, 0) is 6.54 Å². The Balaban J connectivity index is 2.33. The molecule has 0 saturated carbocycles. The fourth-order valence-corrected chi connectivity index (χ4v) is 1.73. The van der Waals surface area contributed by atoms with Crippen molar-refractivity contribution in [3.05, 3.63) is 35.8 Å². The molecule has 0 atom stereocenters. The lowest BCUT2D eigenvalue weighted by molar-refractivity contribution is 0.420. The molecule has 16 heavy (non-hydrogen) atoms. The second-order valence-electron chi connectivity index (χ2n) is 5.18. The lowest BCUT2D eigenvalue weighted by Crippen LogP contribution is -2.35. The molecule has 2 heterocycles. The maximum absolute atomic E-state index is 4.54. The van der Waals surface area contributed by atoms with Crippen LogP contribution in [0.15, 0.2) is 24.4 Å². The number of hydrogen-bond donors (Lipinski definition) is 1. The number of fused-ring (bicyclic) bond motifs is 1. The van der Waals surface area contributed by atoms with E-state index in [4.69, 9.17) is 0 Å². The van der Waals surface area contributed by atoms with E-state index >= 15 is 0 Å². The van der Waals surface area contributed by atoms with Crippen LogP contribution in [0.2, 0.25) is 0 Å². The molecule has 1 N–H and O–H groups in total. The highest BCUT2D eigenvalue weighted by atomic mass is 15.1. The first-order valence-electron chi connectivity index (χ1n) is 5.65. The molecule has 0 amide bonds. The quantitative estimate of drug-likeness (QED) is 0.837. The number of imidazole rings is 1. The largest absolute Gasteiger partial charge is 0.306 e. The van der Waals surface area contributed by atoms with Gasteiger partial charge in [0, 0.05) is 18.3 Å². The van der Waals surface area contributed by atoms with Gasteiger partial charge in [0.2, 0.25) is 0 Å². The van der Waals surface area contributed by atoms with Gasteiger partial charge in [-0.1, -0.05) is 6.07 Å². The summed E-state index contributed by atoms with van der Waals surface area (Å²) in [6.07, 6.45) is 2.06. The third-order valence-electron chi connectivity index (χ3n) is 2.62. The van der Waals surface area contributed by atoms with Gasteiger partial charge in [0.15, 0.2) is 0 Å². The number of aryl methyl sites for hydroxylation is 1. The first kappa shape index (κ1) is 11.1. The Kier molecular flexibility index (Phi) is 2.72. The van der Waals surface area contributed by atoms with Crippen molar-refractivity contribution in [2.45, 2.75) is 39.8 Å². The van der Waals surface area contributed by atoms with Gasteiger partial charge in [0.05, 0.1) is 11.4 Å². The minimum atomic E-state index is 0.130. The van der Waals surface area contributed by atoms with E-state index in [1.165, 1.54) is 5.69 Å². The summed E-state index contributed by atoms with van der Waals surface area (Å²) in [6.45, 7) is 9.43. The Bertz CT molecular complexity index is 491. The summed E-state index contributed by atoms with van der Waals surface area (Å²) < 4.78 is 2.15. The van der Waals surface area contributed by atoms with Crippen LogP contribution >= 0.6 is 0 Å². The lowest BCUT2D eigenvalue weighted by atomic mass is 10.1. The molecule has 0 saturated heterocycles. The van der Waals surface area contributed by atoms with E-state index < -0.39 is 0 Å². The Labute approximate surface area is 96.5 Å². The molecular weight excluding hydrogens is 198 g/mol. The Morgan fingerprint density at radius 2 is 2.06 bits per heavy atom. The maximum atomic E-state index is 4.54. The summed E-state index contributed by atoms with van der Waals surface area (Å²) >= 11 is 0. The third-order valence-corrected chi connectivity index (χ3v) is 2.62. The monoisotopic (exact) mass is 217 g/mol. The van der Waals surface area contributed by atoms with Gasteiger partial charge in [-0.3, -0.25) is 0 Å². The maximum Gasteiger partial charge on any atom is 0.137 e. The van der Waals surface area contributed by atoms with Crippen LogP contribution < -0.4 is 5.32 Å². The number of hydrogen-bond acceptors (Lipinski definition) is 2. The van der Waals surface area contributed by atoms with Crippen molar-refractivity contribution in [3.8, 4) is 0 Å². The summed E-state index contributed by atoms with van der Waals surface area (Å²) in [5.74, 6) is 0. The van der Waals surface area contributed by atoms with Crippen molar-refractivity contribution in [3.63, 3.8) is 0 Å². The highest BCUT2D eigenvalue weighted by Crippen LogP contribution is 2.12. The van der Waals surface area contributed by atoms with Crippen LogP contribution in [0.1, 0.15) is 32.2 Å². The molecule has 86 valence electrons. The minimum absolute atomic E-state index is 0.130. The predicted molar refractivity (Wildman–Crippen MR) is 66.5 cm³/mol. The zero-order chi connectivity index (χ0) is 11.8. The van der Waals surface area contributed by atoms with Gasteiger partial charge < -0.3 is 9.72 Å². The average molecular weight is 217 g/mol. The summed E-state index contributed by atoms with van der Waals surface area (Å²) in [7, 11) is 0. The summed E-state index contributed by atoms with van der Waals surface area (Å²) in [5.41, 5.74) is 3.49. The fourth-order valence-electron chi connectivity index (χ4n) is 1.73. The zero-order valence-electron chi connectivity index (χ0n) is 10.4. The Morgan fingerprint density at radius 1 is 1.31 bits per heavy atom. The molecule has 0 bridgehead atoms. The molecule has 3 nitrogen and oxygen atoms in total. The normalized spacial score (nSPS) is 12.2. The highest BCUT2D eigenvalue weighted by molar-refractivity contribution is 5.42. The van der Waals surface area contributed by atoms with Crippen LogP contribution in [0.5, 0.6) is 0 Å². The van der Waals surface area contributed by atoms with Crippen molar-refractivity contribution in [2.75, 3.05) is 0 Å². The number of nitrogens with zero attached hydrogens (tertiary/aromatic N) is 2. The Morgan fingerprint density at radius 3 is 2.75 bits per heavy atom. The molecule has 0 aliphatic rings. The molecule has 0 aromatic carbocycles. The van der Waals surface area contributed by atoms with Crippen molar-refractivity contribution in [1.82, 2.24) is 14.7 Å². The van der Waals surface area contributed by atoms with Crippen LogP contribution in [0, 0.1) is 6.92 Å². The van der Waals surface area contributed by atoms with Gasteiger partial charge in [-0.15, -0.1) is 0 Å². The molecule has 0 radical (unpaired) electrons. The van der Waals surface area contributed by atoms with Crippen molar-refractivity contribution < 1.29 is 0 Å². The first-order valence-corrected chi connectivity index (χ1v) is 5.65. The molecule has 0 aliphatic heterocycles. The molecule has 0 unspecified atom stereocenters. The topological polar surface area (TPSA) is 29.3 Å². The number of nitrogens with one attached hydrogen (secondary N) is 1. The third kappa shape index (κ3) is 2.25. The first-order chi connectivity index (χ1) is 7.47. The predicted octanol–water partition coefficient (Wildman–Crippen LogP) is 2.53. The van der Waals surface area contributed by atoms with Gasteiger partial charge in [0.25, 0.3) is 0 Å². The smallest absolute Gasteiger partial charge is 0.137 e. The second kappa shape index (κ2) is 3.91. The van der Waals surface area contributed by atoms with Gasteiger partial charge in [-0.25, -0.2) is 4.98 Å². The van der Waals surface area contributed by atoms with E-state index in [9.17, 15) is 0 Å². The van der Waals surface area contributed by atoms with Gasteiger partial charge in [-0.2, -0.15) is 0 Å². The minimum Gasteiger partial charge on any atom is -0.306 e. The zero-order valence-corrected chi connectivity index (χ0v) is 10.4. The van der Waals surface area contributed by atoms with Crippen LogP contribution in [-0.4, -0.2) is 14.9 Å². The molecule has 3 heteroatoms. The molecular formula is C13H19N3. The van der Waals surface area contributed by atoms with E-state index in [2.05, 4.69) is 48.6 Å². The second-order valence-corrected chi connectivity index (χ2v) is 5.18. The van der Waals surface area contributed by atoms with Gasteiger partial charge >= 0.3 is 0 Å². The summed E-state index contributed by atoms with van der Waals surface area (Å²) in [6, 6.07) is 6.09. The van der Waals surface area contributed by atoms with Crippen LogP contribution in [0.4, 0.5) is 0 Å². The molecule has 0 aliphatic carbocycles.